The Kier molecular flexibility index (Phi) is 2.44. The normalized spacial score (nSPS) is 16.3. The zero-order chi connectivity index (χ0) is 11.1. The van der Waals surface area contributed by atoms with Gasteiger partial charge in [-0.05, 0) is 36.6 Å². The highest BCUT2D eigenvalue weighted by Gasteiger charge is 2.17. The summed E-state index contributed by atoms with van der Waals surface area (Å²) in [7, 11) is -2.10. The maximum absolute atomic E-state index is 10.9. The molecule has 0 amide bonds. The van der Waals surface area contributed by atoms with Gasteiger partial charge in [-0.25, -0.2) is 0 Å². The first-order valence-corrected chi connectivity index (χ1v) is 6.24. The van der Waals surface area contributed by atoms with E-state index < -0.39 is 10.1 Å². The molecule has 0 bridgehead atoms. The number of aryl methyl sites for hydroxylation is 1. The van der Waals surface area contributed by atoms with Gasteiger partial charge in [-0.3, -0.25) is 4.55 Å². The topological polar surface area (TPSA) is 57.6 Å². The molecule has 0 aromatic heterocycles. The summed E-state index contributed by atoms with van der Waals surface area (Å²) in [5.74, 6) is 0. The van der Waals surface area contributed by atoms with Crippen LogP contribution in [-0.4, -0.2) is 26.6 Å². The van der Waals surface area contributed by atoms with Gasteiger partial charge in [0.1, 0.15) is 0 Å². The standard InChI is InChI=1S/C10H13NO3S/c1-11-6-2-3-8-7-9(15(12,13)14)4-5-10(8)11/h4-5,7H,2-3,6H2,1H3,(H,12,13,14). The molecule has 0 radical (unpaired) electrons. The number of rotatable bonds is 1. The molecule has 0 aliphatic carbocycles. The zero-order valence-corrected chi connectivity index (χ0v) is 9.29. The fourth-order valence-electron chi connectivity index (χ4n) is 1.92. The number of anilines is 1. The molecular formula is C10H13NO3S. The van der Waals surface area contributed by atoms with Crippen LogP contribution < -0.4 is 4.90 Å². The van der Waals surface area contributed by atoms with E-state index in [9.17, 15) is 8.42 Å². The van der Waals surface area contributed by atoms with Crippen LogP contribution in [0.25, 0.3) is 0 Å². The minimum absolute atomic E-state index is 0.0171. The average molecular weight is 227 g/mol. The lowest BCUT2D eigenvalue weighted by Gasteiger charge is -2.27. The van der Waals surface area contributed by atoms with E-state index in [0.717, 1.165) is 30.6 Å². The molecule has 15 heavy (non-hydrogen) atoms. The van der Waals surface area contributed by atoms with Gasteiger partial charge in [0, 0.05) is 19.3 Å². The molecule has 4 nitrogen and oxygen atoms in total. The molecule has 1 aromatic carbocycles. The van der Waals surface area contributed by atoms with Crippen molar-refractivity contribution >= 4 is 15.8 Å². The van der Waals surface area contributed by atoms with Crippen LogP contribution in [0, 0.1) is 0 Å². The molecule has 0 saturated carbocycles. The van der Waals surface area contributed by atoms with Crippen LogP contribution in [0.2, 0.25) is 0 Å². The first kappa shape index (κ1) is 10.4. The summed E-state index contributed by atoms with van der Waals surface area (Å²) >= 11 is 0. The van der Waals surface area contributed by atoms with Gasteiger partial charge in [0.15, 0.2) is 0 Å². The highest BCUT2D eigenvalue weighted by atomic mass is 32.2. The van der Waals surface area contributed by atoms with Crippen LogP contribution in [0.1, 0.15) is 12.0 Å². The molecule has 1 aromatic rings. The summed E-state index contributed by atoms with van der Waals surface area (Å²) < 4.78 is 30.8. The highest BCUT2D eigenvalue weighted by Crippen LogP contribution is 2.27. The number of nitrogens with zero attached hydrogens (tertiary/aromatic N) is 1. The van der Waals surface area contributed by atoms with E-state index in [1.165, 1.54) is 6.07 Å². The summed E-state index contributed by atoms with van der Waals surface area (Å²) in [6.45, 7) is 0.984. The van der Waals surface area contributed by atoms with Crippen LogP contribution in [0.15, 0.2) is 23.1 Å². The number of fused-ring (bicyclic) bond motifs is 1. The van der Waals surface area contributed by atoms with E-state index in [2.05, 4.69) is 4.90 Å². The van der Waals surface area contributed by atoms with Crippen LogP contribution in [0.5, 0.6) is 0 Å². The Morgan fingerprint density at radius 1 is 1.40 bits per heavy atom. The second-order valence-electron chi connectivity index (χ2n) is 3.79. The Bertz CT molecular complexity index is 481. The Labute approximate surface area is 89.3 Å². The predicted molar refractivity (Wildman–Crippen MR) is 57.8 cm³/mol. The number of benzene rings is 1. The number of hydrogen-bond donors (Lipinski definition) is 1. The predicted octanol–water partition coefficient (Wildman–Crippen LogP) is 1.32. The molecule has 1 heterocycles. The van der Waals surface area contributed by atoms with Crippen molar-refractivity contribution in [2.75, 3.05) is 18.5 Å². The second kappa shape index (κ2) is 3.50. The van der Waals surface area contributed by atoms with Gasteiger partial charge >= 0.3 is 0 Å². The van der Waals surface area contributed by atoms with Gasteiger partial charge in [0.2, 0.25) is 0 Å². The molecular weight excluding hydrogens is 214 g/mol. The molecule has 82 valence electrons. The molecule has 0 saturated heterocycles. The van der Waals surface area contributed by atoms with Crippen molar-refractivity contribution in [2.45, 2.75) is 17.7 Å². The third-order valence-corrected chi connectivity index (χ3v) is 3.55. The minimum atomic E-state index is -4.07. The summed E-state index contributed by atoms with van der Waals surface area (Å²) in [5.41, 5.74) is 2.03. The molecule has 0 unspecified atom stereocenters. The molecule has 0 atom stereocenters. The van der Waals surface area contributed by atoms with E-state index in [4.69, 9.17) is 4.55 Å². The molecule has 0 spiro atoms. The van der Waals surface area contributed by atoms with Gasteiger partial charge in [-0.15, -0.1) is 0 Å². The Hall–Kier alpha value is -1.07. The Morgan fingerprint density at radius 3 is 2.80 bits per heavy atom. The molecule has 1 aliphatic rings. The average Bonchev–Trinajstić information content (AvgIpc) is 2.16. The smallest absolute Gasteiger partial charge is 0.294 e. The van der Waals surface area contributed by atoms with Crippen LogP contribution in [0.3, 0.4) is 0 Å². The van der Waals surface area contributed by atoms with Crippen molar-refractivity contribution in [1.82, 2.24) is 0 Å². The van der Waals surface area contributed by atoms with Crippen LogP contribution in [0.4, 0.5) is 5.69 Å². The van der Waals surface area contributed by atoms with E-state index in [1.54, 1.807) is 12.1 Å². The SMILES string of the molecule is CN1CCCc2cc(S(=O)(=O)O)ccc21. The molecule has 1 aliphatic heterocycles. The van der Waals surface area contributed by atoms with Crippen molar-refractivity contribution in [3.05, 3.63) is 23.8 Å². The molecule has 2 rings (SSSR count). The number of hydrogen-bond acceptors (Lipinski definition) is 3. The fraction of sp³-hybridized carbons (Fsp3) is 0.400. The van der Waals surface area contributed by atoms with Gasteiger partial charge in [-0.2, -0.15) is 8.42 Å². The van der Waals surface area contributed by atoms with E-state index >= 15 is 0 Å². The first-order chi connectivity index (χ1) is 6.98. The largest absolute Gasteiger partial charge is 0.374 e. The van der Waals surface area contributed by atoms with Crippen molar-refractivity contribution in [2.24, 2.45) is 0 Å². The maximum atomic E-state index is 10.9. The monoisotopic (exact) mass is 227 g/mol. The molecule has 5 heteroatoms. The van der Waals surface area contributed by atoms with Crippen LogP contribution in [-0.2, 0) is 16.5 Å². The summed E-state index contributed by atoms with van der Waals surface area (Å²) in [4.78, 5) is 2.07. The van der Waals surface area contributed by atoms with Gasteiger partial charge in [0.25, 0.3) is 10.1 Å². The van der Waals surface area contributed by atoms with E-state index in [0.29, 0.717) is 0 Å². The Balaban J connectivity index is 2.51. The van der Waals surface area contributed by atoms with Crippen molar-refractivity contribution in [3.63, 3.8) is 0 Å². The lowest BCUT2D eigenvalue weighted by molar-refractivity contribution is 0.483. The first-order valence-electron chi connectivity index (χ1n) is 4.80. The highest BCUT2D eigenvalue weighted by molar-refractivity contribution is 7.85. The lowest BCUT2D eigenvalue weighted by Crippen LogP contribution is -2.24. The van der Waals surface area contributed by atoms with Gasteiger partial charge in [-0.1, -0.05) is 0 Å². The van der Waals surface area contributed by atoms with E-state index in [1.807, 2.05) is 7.05 Å². The van der Waals surface area contributed by atoms with Crippen LogP contribution >= 0.6 is 0 Å². The summed E-state index contributed by atoms with van der Waals surface area (Å²) in [6, 6.07) is 4.74. The third-order valence-electron chi connectivity index (χ3n) is 2.70. The fourth-order valence-corrected chi connectivity index (χ4v) is 2.45. The maximum Gasteiger partial charge on any atom is 0.294 e. The van der Waals surface area contributed by atoms with Crippen molar-refractivity contribution < 1.29 is 13.0 Å². The summed E-state index contributed by atoms with van der Waals surface area (Å²) in [5, 5.41) is 0. The molecule has 0 fully saturated rings. The molecule has 1 N–H and O–H groups in total. The minimum Gasteiger partial charge on any atom is -0.374 e. The van der Waals surface area contributed by atoms with E-state index in [-0.39, 0.29) is 4.90 Å². The Morgan fingerprint density at radius 2 is 2.13 bits per heavy atom. The summed E-state index contributed by atoms with van der Waals surface area (Å²) in [6.07, 6.45) is 1.88. The third kappa shape index (κ3) is 1.98. The quantitative estimate of drug-likeness (QED) is 0.735. The second-order valence-corrected chi connectivity index (χ2v) is 5.21. The van der Waals surface area contributed by atoms with Crippen molar-refractivity contribution in [3.8, 4) is 0 Å². The van der Waals surface area contributed by atoms with Gasteiger partial charge < -0.3 is 4.90 Å². The lowest BCUT2D eigenvalue weighted by atomic mass is 10.0. The van der Waals surface area contributed by atoms with Gasteiger partial charge in [0.05, 0.1) is 4.90 Å². The zero-order valence-electron chi connectivity index (χ0n) is 8.47. The van der Waals surface area contributed by atoms with Crippen molar-refractivity contribution in [1.29, 1.82) is 0 Å².